The summed E-state index contributed by atoms with van der Waals surface area (Å²) in [5.41, 5.74) is 1.84. The molecule has 0 saturated heterocycles. The maximum Gasteiger partial charge on any atom is 0.261 e. The lowest BCUT2D eigenvalue weighted by Gasteiger charge is -2.17. The average molecular weight is 361 g/mol. The maximum atomic E-state index is 13.5. The highest BCUT2D eigenvalue weighted by Crippen LogP contribution is 2.16. The molecule has 1 amide bonds. The van der Waals surface area contributed by atoms with E-state index in [-0.39, 0.29) is 11.7 Å². The highest BCUT2D eigenvalue weighted by Gasteiger charge is 2.17. The minimum atomic E-state index is -0.501. The van der Waals surface area contributed by atoms with Gasteiger partial charge in [0.25, 0.3) is 5.91 Å². The van der Waals surface area contributed by atoms with Crippen LogP contribution in [0.3, 0.4) is 0 Å². The van der Waals surface area contributed by atoms with Gasteiger partial charge in [0, 0.05) is 18.1 Å². The Hall–Kier alpha value is -2.01. The van der Waals surface area contributed by atoms with Crippen LogP contribution in [-0.2, 0) is 10.5 Å². The predicted molar refractivity (Wildman–Crippen MR) is 101 cm³/mol. The van der Waals surface area contributed by atoms with E-state index in [4.69, 9.17) is 4.74 Å². The second kappa shape index (κ2) is 10.1. The largest absolute Gasteiger partial charge is 0.481 e. The van der Waals surface area contributed by atoms with Crippen molar-refractivity contribution < 1.29 is 13.9 Å². The van der Waals surface area contributed by atoms with E-state index in [1.165, 1.54) is 6.07 Å². The van der Waals surface area contributed by atoms with Gasteiger partial charge < -0.3 is 10.1 Å². The standard InChI is InChI=1S/C20H24FNO2S/c1-3-19(24-17-10-8-15(2)9-11-17)20(23)22-12-13-25-14-16-6-4-5-7-18(16)21/h4-11,19H,3,12-14H2,1-2H3,(H,22,23)/t19-/m1/s1. The van der Waals surface area contributed by atoms with Crippen molar-refractivity contribution in [2.75, 3.05) is 12.3 Å². The van der Waals surface area contributed by atoms with Crippen LogP contribution >= 0.6 is 11.8 Å². The van der Waals surface area contributed by atoms with Crippen LogP contribution in [0.1, 0.15) is 24.5 Å². The van der Waals surface area contributed by atoms with E-state index < -0.39 is 6.10 Å². The van der Waals surface area contributed by atoms with Crippen LogP contribution < -0.4 is 10.1 Å². The van der Waals surface area contributed by atoms with Gasteiger partial charge in [-0.3, -0.25) is 4.79 Å². The van der Waals surface area contributed by atoms with Gasteiger partial charge in [0.05, 0.1) is 0 Å². The predicted octanol–water partition coefficient (Wildman–Crippen LogP) is 4.34. The second-order valence-corrected chi connectivity index (χ2v) is 6.87. The van der Waals surface area contributed by atoms with Crippen molar-refractivity contribution in [3.63, 3.8) is 0 Å². The molecule has 0 aliphatic heterocycles. The summed E-state index contributed by atoms with van der Waals surface area (Å²) in [4.78, 5) is 12.2. The van der Waals surface area contributed by atoms with E-state index >= 15 is 0 Å². The van der Waals surface area contributed by atoms with Crippen LogP contribution in [0.4, 0.5) is 4.39 Å². The first-order chi connectivity index (χ1) is 12.1. The fraction of sp³-hybridized carbons (Fsp3) is 0.350. The third kappa shape index (κ3) is 6.42. The molecule has 0 radical (unpaired) electrons. The molecule has 0 bridgehead atoms. The van der Waals surface area contributed by atoms with Crippen molar-refractivity contribution in [2.24, 2.45) is 0 Å². The molecule has 0 aliphatic rings. The van der Waals surface area contributed by atoms with Crippen LogP contribution in [0, 0.1) is 12.7 Å². The van der Waals surface area contributed by atoms with Gasteiger partial charge in [-0.05, 0) is 37.1 Å². The number of carbonyl (C=O) groups is 1. The summed E-state index contributed by atoms with van der Waals surface area (Å²) in [6.45, 7) is 4.46. The summed E-state index contributed by atoms with van der Waals surface area (Å²) in [7, 11) is 0. The molecular weight excluding hydrogens is 337 g/mol. The van der Waals surface area contributed by atoms with Crippen LogP contribution in [0.5, 0.6) is 5.75 Å². The van der Waals surface area contributed by atoms with Gasteiger partial charge >= 0.3 is 0 Å². The molecule has 1 atom stereocenters. The summed E-state index contributed by atoms with van der Waals surface area (Å²) in [5, 5.41) is 2.89. The van der Waals surface area contributed by atoms with Crippen LogP contribution in [-0.4, -0.2) is 24.3 Å². The lowest BCUT2D eigenvalue weighted by molar-refractivity contribution is -0.127. The summed E-state index contributed by atoms with van der Waals surface area (Å²) in [6, 6.07) is 14.4. The molecule has 0 saturated carbocycles. The molecule has 0 aromatic heterocycles. The minimum Gasteiger partial charge on any atom is -0.481 e. The number of thioether (sulfide) groups is 1. The molecule has 0 fully saturated rings. The van der Waals surface area contributed by atoms with Crippen LogP contribution in [0.15, 0.2) is 48.5 Å². The summed E-state index contributed by atoms with van der Waals surface area (Å²) < 4.78 is 19.3. The molecule has 0 spiro atoms. The zero-order chi connectivity index (χ0) is 18.1. The first kappa shape index (κ1) is 19.3. The van der Waals surface area contributed by atoms with Gasteiger partial charge in [-0.15, -0.1) is 0 Å². The summed E-state index contributed by atoms with van der Waals surface area (Å²) in [5.74, 6) is 1.72. The fourth-order valence-electron chi connectivity index (χ4n) is 2.26. The van der Waals surface area contributed by atoms with Crippen LogP contribution in [0.25, 0.3) is 0 Å². The number of ether oxygens (including phenoxy) is 1. The highest BCUT2D eigenvalue weighted by molar-refractivity contribution is 7.98. The van der Waals surface area contributed by atoms with E-state index in [2.05, 4.69) is 5.32 Å². The molecule has 2 aromatic rings. The molecule has 2 aromatic carbocycles. The van der Waals surface area contributed by atoms with Crippen molar-refractivity contribution in [3.05, 3.63) is 65.5 Å². The number of amides is 1. The molecular formula is C20H24FNO2S. The first-order valence-electron chi connectivity index (χ1n) is 8.42. The lowest BCUT2D eigenvalue weighted by atomic mass is 10.2. The average Bonchev–Trinajstić information content (AvgIpc) is 2.62. The zero-order valence-corrected chi connectivity index (χ0v) is 15.4. The minimum absolute atomic E-state index is 0.116. The third-order valence-corrected chi connectivity index (χ3v) is 4.73. The van der Waals surface area contributed by atoms with E-state index in [0.717, 1.165) is 11.3 Å². The van der Waals surface area contributed by atoms with Gasteiger partial charge in [-0.25, -0.2) is 4.39 Å². The molecule has 1 N–H and O–H groups in total. The normalized spacial score (nSPS) is 11.8. The number of hydrogen-bond donors (Lipinski definition) is 1. The highest BCUT2D eigenvalue weighted by atomic mass is 32.2. The quantitative estimate of drug-likeness (QED) is 0.675. The van der Waals surface area contributed by atoms with E-state index in [9.17, 15) is 9.18 Å². The van der Waals surface area contributed by atoms with Crippen LogP contribution in [0.2, 0.25) is 0 Å². The van der Waals surface area contributed by atoms with Crippen molar-refractivity contribution in [3.8, 4) is 5.75 Å². The molecule has 2 rings (SSSR count). The monoisotopic (exact) mass is 361 g/mol. The Kier molecular flexibility index (Phi) is 7.79. The van der Waals surface area contributed by atoms with Crippen molar-refractivity contribution in [1.82, 2.24) is 5.32 Å². The lowest BCUT2D eigenvalue weighted by Crippen LogP contribution is -2.39. The van der Waals surface area contributed by atoms with Crippen molar-refractivity contribution >= 4 is 17.7 Å². The van der Waals surface area contributed by atoms with Gasteiger partial charge in [0.15, 0.2) is 6.10 Å². The topological polar surface area (TPSA) is 38.3 Å². The Morgan fingerprint density at radius 3 is 2.60 bits per heavy atom. The Morgan fingerprint density at radius 1 is 1.20 bits per heavy atom. The van der Waals surface area contributed by atoms with Gasteiger partial charge in [0.2, 0.25) is 0 Å². The number of benzene rings is 2. The Labute approximate surface area is 153 Å². The van der Waals surface area contributed by atoms with Gasteiger partial charge in [0.1, 0.15) is 11.6 Å². The van der Waals surface area contributed by atoms with Crippen molar-refractivity contribution in [2.45, 2.75) is 32.1 Å². The fourth-order valence-corrected chi connectivity index (χ4v) is 3.11. The number of rotatable bonds is 9. The Balaban J connectivity index is 1.71. The zero-order valence-electron chi connectivity index (χ0n) is 14.6. The number of carbonyl (C=O) groups excluding carboxylic acids is 1. The summed E-state index contributed by atoms with van der Waals surface area (Å²) in [6.07, 6.45) is 0.0986. The molecule has 0 aliphatic carbocycles. The molecule has 25 heavy (non-hydrogen) atoms. The smallest absolute Gasteiger partial charge is 0.261 e. The number of hydrogen-bond acceptors (Lipinski definition) is 3. The SMILES string of the molecule is CC[C@@H](Oc1ccc(C)cc1)C(=O)NCCSCc1ccccc1F. The van der Waals surface area contributed by atoms with E-state index in [1.54, 1.807) is 23.9 Å². The second-order valence-electron chi connectivity index (χ2n) is 5.76. The molecule has 3 nitrogen and oxygen atoms in total. The maximum absolute atomic E-state index is 13.5. The van der Waals surface area contributed by atoms with Gasteiger partial charge in [-0.1, -0.05) is 42.8 Å². The third-order valence-electron chi connectivity index (χ3n) is 3.72. The molecule has 5 heteroatoms. The van der Waals surface area contributed by atoms with Crippen molar-refractivity contribution in [1.29, 1.82) is 0 Å². The molecule has 0 heterocycles. The number of halogens is 1. The molecule has 0 unspecified atom stereocenters. The van der Waals surface area contributed by atoms with E-state index in [1.807, 2.05) is 44.2 Å². The number of aryl methyl sites for hydroxylation is 1. The van der Waals surface area contributed by atoms with E-state index in [0.29, 0.717) is 30.0 Å². The molecule has 134 valence electrons. The van der Waals surface area contributed by atoms with Gasteiger partial charge in [-0.2, -0.15) is 11.8 Å². The Bertz CT molecular complexity index is 676. The number of nitrogens with one attached hydrogen (secondary N) is 1. The first-order valence-corrected chi connectivity index (χ1v) is 9.57. The Morgan fingerprint density at radius 2 is 1.92 bits per heavy atom. The summed E-state index contributed by atoms with van der Waals surface area (Å²) >= 11 is 1.59.